The second kappa shape index (κ2) is 8.72. The number of para-hydroxylation sites is 1. The highest BCUT2D eigenvalue weighted by Crippen LogP contribution is 2.24. The van der Waals surface area contributed by atoms with Gasteiger partial charge in [-0.1, -0.05) is 23.7 Å². The SMILES string of the molecule is O=C(COc1ccccc1Cl)N1CCCCC1CCN1CCCC1. The number of hydrogen-bond donors (Lipinski definition) is 0. The molecule has 2 heterocycles. The van der Waals surface area contributed by atoms with Gasteiger partial charge in [-0.25, -0.2) is 0 Å². The summed E-state index contributed by atoms with van der Waals surface area (Å²) in [5, 5.41) is 0.550. The first-order valence-corrected chi connectivity index (χ1v) is 9.51. The molecule has 2 fully saturated rings. The maximum atomic E-state index is 12.6. The van der Waals surface area contributed by atoms with Crippen molar-refractivity contribution in [3.63, 3.8) is 0 Å². The number of nitrogens with zero attached hydrogens (tertiary/aromatic N) is 2. The van der Waals surface area contributed by atoms with Crippen LogP contribution in [0, 0.1) is 0 Å². The molecule has 4 nitrogen and oxygen atoms in total. The number of halogens is 1. The molecular formula is C19H27ClN2O2. The zero-order valence-corrected chi connectivity index (χ0v) is 15.0. The van der Waals surface area contributed by atoms with Gasteiger partial charge in [-0.05, 0) is 63.7 Å². The summed E-state index contributed by atoms with van der Waals surface area (Å²) in [5.74, 6) is 0.666. The average Bonchev–Trinajstić information content (AvgIpc) is 3.13. The van der Waals surface area contributed by atoms with Crippen molar-refractivity contribution in [1.29, 1.82) is 0 Å². The van der Waals surface area contributed by atoms with Crippen LogP contribution in [-0.4, -0.2) is 54.5 Å². The van der Waals surface area contributed by atoms with E-state index in [2.05, 4.69) is 4.90 Å². The number of likely N-dealkylation sites (tertiary alicyclic amines) is 2. The lowest BCUT2D eigenvalue weighted by Gasteiger charge is -2.36. The molecule has 0 saturated carbocycles. The molecule has 0 bridgehead atoms. The first-order valence-electron chi connectivity index (χ1n) is 9.13. The summed E-state index contributed by atoms with van der Waals surface area (Å²) in [6.45, 7) is 4.48. The summed E-state index contributed by atoms with van der Waals surface area (Å²) in [6.07, 6.45) is 7.15. The van der Waals surface area contributed by atoms with Crippen LogP contribution in [0.1, 0.15) is 38.5 Å². The fraction of sp³-hybridized carbons (Fsp3) is 0.632. The normalized spacial score (nSPS) is 21.9. The van der Waals surface area contributed by atoms with Crippen molar-refractivity contribution in [3.8, 4) is 5.75 Å². The number of ether oxygens (including phenoxy) is 1. The number of benzene rings is 1. The second-order valence-electron chi connectivity index (χ2n) is 6.79. The Hall–Kier alpha value is -1.26. The molecule has 1 atom stereocenters. The van der Waals surface area contributed by atoms with Gasteiger partial charge in [-0.2, -0.15) is 0 Å². The summed E-state index contributed by atoms with van der Waals surface area (Å²) in [4.78, 5) is 17.2. The molecule has 0 aliphatic carbocycles. The van der Waals surface area contributed by atoms with Crippen molar-refractivity contribution in [1.82, 2.24) is 9.80 Å². The second-order valence-corrected chi connectivity index (χ2v) is 7.20. The fourth-order valence-corrected chi connectivity index (χ4v) is 3.94. The van der Waals surface area contributed by atoms with Gasteiger partial charge in [0.2, 0.25) is 0 Å². The third-order valence-electron chi connectivity index (χ3n) is 5.11. The quantitative estimate of drug-likeness (QED) is 0.786. The molecule has 1 unspecified atom stereocenters. The third-order valence-corrected chi connectivity index (χ3v) is 5.42. The Kier molecular flexibility index (Phi) is 6.38. The van der Waals surface area contributed by atoms with E-state index >= 15 is 0 Å². The molecule has 132 valence electrons. The van der Waals surface area contributed by atoms with Crippen LogP contribution >= 0.6 is 11.6 Å². The molecule has 24 heavy (non-hydrogen) atoms. The van der Waals surface area contributed by atoms with Crippen LogP contribution in [0.25, 0.3) is 0 Å². The van der Waals surface area contributed by atoms with Crippen molar-refractivity contribution in [2.24, 2.45) is 0 Å². The van der Waals surface area contributed by atoms with E-state index < -0.39 is 0 Å². The number of carbonyl (C=O) groups excluding carboxylic acids is 1. The monoisotopic (exact) mass is 350 g/mol. The van der Waals surface area contributed by atoms with Crippen LogP contribution in [0.2, 0.25) is 5.02 Å². The summed E-state index contributed by atoms with van der Waals surface area (Å²) >= 11 is 6.09. The van der Waals surface area contributed by atoms with Gasteiger partial charge >= 0.3 is 0 Å². The van der Waals surface area contributed by atoms with Gasteiger partial charge in [0.1, 0.15) is 5.75 Å². The van der Waals surface area contributed by atoms with Crippen molar-refractivity contribution >= 4 is 17.5 Å². The fourth-order valence-electron chi connectivity index (χ4n) is 3.75. The van der Waals surface area contributed by atoms with Gasteiger partial charge in [0.15, 0.2) is 6.61 Å². The standard InChI is InChI=1S/C19H27ClN2O2/c20-17-8-1-2-9-18(17)24-15-19(23)22-13-4-3-7-16(22)10-14-21-11-5-6-12-21/h1-2,8-9,16H,3-7,10-15H2. The predicted molar refractivity (Wildman–Crippen MR) is 96.6 cm³/mol. The zero-order chi connectivity index (χ0) is 16.8. The number of carbonyl (C=O) groups is 1. The van der Waals surface area contributed by atoms with Crippen molar-refractivity contribution < 1.29 is 9.53 Å². The minimum Gasteiger partial charge on any atom is -0.482 e. The molecule has 0 aromatic heterocycles. The zero-order valence-electron chi connectivity index (χ0n) is 14.3. The average molecular weight is 351 g/mol. The highest BCUT2D eigenvalue weighted by Gasteiger charge is 2.27. The first kappa shape index (κ1) is 17.6. The molecule has 5 heteroatoms. The molecular weight excluding hydrogens is 324 g/mol. The Bertz CT molecular complexity index is 546. The molecule has 1 aromatic rings. The van der Waals surface area contributed by atoms with Crippen LogP contribution in [0.3, 0.4) is 0 Å². The summed E-state index contributed by atoms with van der Waals surface area (Å²) in [6, 6.07) is 7.67. The highest BCUT2D eigenvalue weighted by atomic mass is 35.5. The lowest BCUT2D eigenvalue weighted by Crippen LogP contribution is -2.47. The van der Waals surface area contributed by atoms with Gasteiger partial charge in [0, 0.05) is 19.1 Å². The van der Waals surface area contributed by atoms with Crippen molar-refractivity contribution in [2.75, 3.05) is 32.8 Å². The Labute approximate surface area is 149 Å². The molecule has 0 radical (unpaired) electrons. The number of hydrogen-bond acceptors (Lipinski definition) is 3. The van der Waals surface area contributed by atoms with E-state index in [4.69, 9.17) is 16.3 Å². The van der Waals surface area contributed by atoms with E-state index in [1.807, 2.05) is 17.0 Å². The van der Waals surface area contributed by atoms with Gasteiger partial charge in [0.25, 0.3) is 5.91 Å². The largest absolute Gasteiger partial charge is 0.482 e. The lowest BCUT2D eigenvalue weighted by molar-refractivity contribution is -0.137. The van der Waals surface area contributed by atoms with Crippen LogP contribution < -0.4 is 4.74 Å². The molecule has 0 spiro atoms. The minimum absolute atomic E-state index is 0.0734. The highest BCUT2D eigenvalue weighted by molar-refractivity contribution is 6.32. The molecule has 3 rings (SSSR count). The maximum Gasteiger partial charge on any atom is 0.260 e. The minimum atomic E-state index is 0.0734. The first-order chi connectivity index (χ1) is 11.7. The lowest BCUT2D eigenvalue weighted by atomic mass is 9.99. The van der Waals surface area contributed by atoms with Gasteiger partial charge in [0.05, 0.1) is 5.02 Å². The van der Waals surface area contributed by atoms with Gasteiger partial charge < -0.3 is 14.5 Å². The summed E-state index contributed by atoms with van der Waals surface area (Å²) in [5.41, 5.74) is 0. The Morgan fingerprint density at radius 1 is 1.12 bits per heavy atom. The molecule has 2 aliphatic rings. The van der Waals surface area contributed by atoms with Crippen LogP contribution in [0.15, 0.2) is 24.3 Å². The van der Waals surface area contributed by atoms with Crippen LogP contribution in [-0.2, 0) is 4.79 Å². The number of rotatable bonds is 6. The van der Waals surface area contributed by atoms with Crippen molar-refractivity contribution in [3.05, 3.63) is 29.3 Å². The number of piperidine rings is 1. The summed E-state index contributed by atoms with van der Waals surface area (Å²) in [7, 11) is 0. The van der Waals surface area contributed by atoms with E-state index in [9.17, 15) is 4.79 Å². The maximum absolute atomic E-state index is 12.6. The van der Waals surface area contributed by atoms with E-state index in [0.717, 1.165) is 32.4 Å². The molecule has 1 aromatic carbocycles. The van der Waals surface area contributed by atoms with E-state index in [1.165, 1.54) is 32.4 Å². The smallest absolute Gasteiger partial charge is 0.260 e. The molecule has 2 aliphatic heterocycles. The van der Waals surface area contributed by atoms with E-state index in [0.29, 0.717) is 16.8 Å². The van der Waals surface area contributed by atoms with Crippen LogP contribution in [0.4, 0.5) is 0 Å². The molecule has 2 saturated heterocycles. The van der Waals surface area contributed by atoms with Crippen LogP contribution in [0.5, 0.6) is 5.75 Å². The topological polar surface area (TPSA) is 32.8 Å². The molecule has 0 N–H and O–H groups in total. The number of amides is 1. The third kappa shape index (κ3) is 4.64. The molecule has 1 amide bonds. The predicted octanol–water partition coefficient (Wildman–Crippen LogP) is 3.59. The van der Waals surface area contributed by atoms with E-state index in [1.54, 1.807) is 12.1 Å². The van der Waals surface area contributed by atoms with E-state index in [-0.39, 0.29) is 12.5 Å². The summed E-state index contributed by atoms with van der Waals surface area (Å²) < 4.78 is 5.64. The van der Waals surface area contributed by atoms with Gasteiger partial charge in [-0.15, -0.1) is 0 Å². The Balaban J connectivity index is 1.51. The van der Waals surface area contributed by atoms with Crippen molar-refractivity contribution in [2.45, 2.75) is 44.6 Å². The Morgan fingerprint density at radius 3 is 2.67 bits per heavy atom. The Morgan fingerprint density at radius 2 is 1.88 bits per heavy atom. The van der Waals surface area contributed by atoms with Gasteiger partial charge in [-0.3, -0.25) is 4.79 Å².